The molecular formula is C27H36N2O2. The third-order valence-corrected chi connectivity index (χ3v) is 7.06. The van der Waals surface area contributed by atoms with Gasteiger partial charge in [0.1, 0.15) is 5.75 Å². The van der Waals surface area contributed by atoms with Crippen LogP contribution in [0.15, 0.2) is 48.5 Å². The van der Waals surface area contributed by atoms with Crippen LogP contribution in [0.25, 0.3) is 0 Å². The molecule has 0 unspecified atom stereocenters. The minimum Gasteiger partial charge on any atom is -0.410 e. The first kappa shape index (κ1) is 21.9. The molecule has 4 rings (SSSR count). The van der Waals surface area contributed by atoms with Crippen LogP contribution in [0.4, 0.5) is 4.79 Å². The fourth-order valence-corrected chi connectivity index (χ4v) is 5.00. The number of benzene rings is 2. The van der Waals surface area contributed by atoms with Crippen molar-refractivity contribution in [1.29, 1.82) is 0 Å². The lowest BCUT2D eigenvalue weighted by molar-refractivity contribution is 0.130. The van der Waals surface area contributed by atoms with Crippen LogP contribution in [0.2, 0.25) is 0 Å². The van der Waals surface area contributed by atoms with Gasteiger partial charge in [0.2, 0.25) is 0 Å². The van der Waals surface area contributed by atoms with Crippen molar-refractivity contribution < 1.29 is 9.53 Å². The summed E-state index contributed by atoms with van der Waals surface area (Å²) in [5.74, 6) is 1.21. The molecule has 31 heavy (non-hydrogen) atoms. The third-order valence-electron chi connectivity index (χ3n) is 7.06. The molecule has 0 bridgehead atoms. The van der Waals surface area contributed by atoms with Gasteiger partial charge < -0.3 is 9.64 Å². The van der Waals surface area contributed by atoms with Gasteiger partial charge in [-0.3, -0.25) is 4.90 Å². The molecule has 1 saturated heterocycles. The fraction of sp³-hybridized carbons (Fsp3) is 0.519. The number of carbonyl (C=O) groups is 1. The summed E-state index contributed by atoms with van der Waals surface area (Å²) in [5, 5.41) is 0. The van der Waals surface area contributed by atoms with Gasteiger partial charge in [0.25, 0.3) is 0 Å². The molecule has 1 aliphatic heterocycles. The predicted molar refractivity (Wildman–Crippen MR) is 126 cm³/mol. The Balaban J connectivity index is 1.25. The van der Waals surface area contributed by atoms with Crippen molar-refractivity contribution in [1.82, 2.24) is 9.80 Å². The van der Waals surface area contributed by atoms with Gasteiger partial charge in [-0.25, -0.2) is 4.79 Å². The monoisotopic (exact) mass is 420 g/mol. The van der Waals surface area contributed by atoms with Gasteiger partial charge in [0.15, 0.2) is 0 Å². The van der Waals surface area contributed by atoms with Crippen molar-refractivity contribution in [2.24, 2.45) is 0 Å². The van der Waals surface area contributed by atoms with Crippen LogP contribution in [-0.4, -0.2) is 42.1 Å². The number of nitrogens with zero attached hydrogens (tertiary/aromatic N) is 2. The van der Waals surface area contributed by atoms with Crippen molar-refractivity contribution in [3.63, 3.8) is 0 Å². The number of rotatable bonds is 5. The Morgan fingerprint density at radius 1 is 0.935 bits per heavy atom. The molecule has 2 fully saturated rings. The number of hydrogen-bond donors (Lipinski definition) is 0. The molecule has 1 amide bonds. The number of piperidine rings is 1. The number of ether oxygens (including phenoxy) is 1. The second-order valence-electron chi connectivity index (χ2n) is 9.38. The Bertz CT molecular complexity index is 833. The number of amides is 1. The highest BCUT2D eigenvalue weighted by atomic mass is 16.6. The standard InChI is InChI=1S/C27H36N2O2/c1-21-6-16-26(17-7-21)31-27(30)28(2)25-14-12-24(13-15-25)23-10-8-22(9-11-23)20-29-18-4-3-5-19-29/h6-11,16-17,24-25H,3-5,12-15,18-20H2,1-2H3. The predicted octanol–water partition coefficient (Wildman–Crippen LogP) is 6.14. The van der Waals surface area contributed by atoms with E-state index in [1.54, 1.807) is 4.90 Å². The van der Waals surface area contributed by atoms with E-state index < -0.39 is 0 Å². The van der Waals surface area contributed by atoms with Crippen LogP contribution in [-0.2, 0) is 6.54 Å². The molecule has 1 saturated carbocycles. The van der Waals surface area contributed by atoms with Crippen LogP contribution in [0.5, 0.6) is 5.75 Å². The average molecular weight is 421 g/mol. The summed E-state index contributed by atoms with van der Waals surface area (Å²) >= 11 is 0. The van der Waals surface area contributed by atoms with Crippen molar-refractivity contribution in [2.45, 2.75) is 70.4 Å². The number of aryl methyl sites for hydroxylation is 1. The lowest BCUT2D eigenvalue weighted by atomic mass is 9.81. The minimum absolute atomic E-state index is 0.255. The zero-order valence-corrected chi connectivity index (χ0v) is 19.1. The van der Waals surface area contributed by atoms with Gasteiger partial charge in [0.05, 0.1) is 0 Å². The van der Waals surface area contributed by atoms with Crippen molar-refractivity contribution >= 4 is 6.09 Å². The molecule has 0 spiro atoms. The van der Waals surface area contributed by atoms with Gasteiger partial charge in [-0.15, -0.1) is 0 Å². The first-order valence-electron chi connectivity index (χ1n) is 11.9. The zero-order valence-electron chi connectivity index (χ0n) is 19.1. The van der Waals surface area contributed by atoms with Crippen LogP contribution in [0, 0.1) is 6.92 Å². The van der Waals surface area contributed by atoms with Gasteiger partial charge >= 0.3 is 6.09 Å². The number of likely N-dealkylation sites (tertiary alicyclic amines) is 1. The Kier molecular flexibility index (Phi) is 7.29. The summed E-state index contributed by atoms with van der Waals surface area (Å²) in [5.41, 5.74) is 4.04. The normalized spacial score (nSPS) is 22.1. The summed E-state index contributed by atoms with van der Waals surface area (Å²) in [4.78, 5) is 16.9. The second kappa shape index (κ2) is 10.3. The Hall–Kier alpha value is -2.33. The van der Waals surface area contributed by atoms with Crippen LogP contribution in [0.1, 0.15) is 67.6 Å². The quantitative estimate of drug-likeness (QED) is 0.583. The highest BCUT2D eigenvalue weighted by Gasteiger charge is 2.28. The maximum absolute atomic E-state index is 12.5. The molecule has 1 heterocycles. The Morgan fingerprint density at radius 2 is 1.58 bits per heavy atom. The fourth-order valence-electron chi connectivity index (χ4n) is 5.00. The summed E-state index contributed by atoms with van der Waals surface area (Å²) in [6, 6.07) is 17.2. The topological polar surface area (TPSA) is 32.8 Å². The molecule has 2 aromatic carbocycles. The van der Waals surface area contributed by atoms with E-state index in [-0.39, 0.29) is 12.1 Å². The molecule has 0 N–H and O–H groups in total. The molecule has 2 aliphatic rings. The van der Waals surface area contributed by atoms with Crippen molar-refractivity contribution in [3.8, 4) is 5.75 Å². The van der Waals surface area contributed by atoms with Gasteiger partial charge in [-0.05, 0) is 87.7 Å². The van der Waals surface area contributed by atoms with Crippen molar-refractivity contribution in [3.05, 3.63) is 65.2 Å². The summed E-state index contributed by atoms with van der Waals surface area (Å²) in [6.07, 6.45) is 8.12. The van der Waals surface area contributed by atoms with Gasteiger partial charge in [-0.2, -0.15) is 0 Å². The molecule has 0 aromatic heterocycles. The third kappa shape index (κ3) is 5.88. The first-order chi connectivity index (χ1) is 15.1. The molecule has 166 valence electrons. The maximum Gasteiger partial charge on any atom is 0.415 e. The van der Waals surface area contributed by atoms with E-state index in [1.807, 2.05) is 38.2 Å². The smallest absolute Gasteiger partial charge is 0.410 e. The van der Waals surface area contributed by atoms with E-state index in [4.69, 9.17) is 4.74 Å². The Labute approximate surface area is 187 Å². The largest absolute Gasteiger partial charge is 0.415 e. The van der Waals surface area contributed by atoms with E-state index in [2.05, 4.69) is 29.2 Å². The lowest BCUT2D eigenvalue weighted by Gasteiger charge is -2.34. The summed E-state index contributed by atoms with van der Waals surface area (Å²) in [6.45, 7) is 5.59. The molecule has 1 aliphatic carbocycles. The van der Waals surface area contributed by atoms with E-state index in [1.165, 1.54) is 43.5 Å². The van der Waals surface area contributed by atoms with Crippen LogP contribution < -0.4 is 4.74 Å². The highest BCUT2D eigenvalue weighted by molar-refractivity contribution is 5.70. The van der Waals surface area contributed by atoms with Crippen molar-refractivity contribution in [2.75, 3.05) is 20.1 Å². The molecular weight excluding hydrogens is 384 g/mol. The number of hydrogen-bond acceptors (Lipinski definition) is 3. The van der Waals surface area contributed by atoms with Gasteiger partial charge in [0, 0.05) is 19.6 Å². The van der Waals surface area contributed by atoms with Crippen LogP contribution >= 0.6 is 0 Å². The molecule has 0 radical (unpaired) electrons. The summed E-state index contributed by atoms with van der Waals surface area (Å²) < 4.78 is 5.55. The van der Waals surface area contributed by atoms with E-state index >= 15 is 0 Å². The average Bonchev–Trinajstić information content (AvgIpc) is 2.81. The minimum atomic E-state index is -0.255. The van der Waals surface area contributed by atoms with E-state index in [9.17, 15) is 4.79 Å². The zero-order chi connectivity index (χ0) is 21.6. The second-order valence-corrected chi connectivity index (χ2v) is 9.38. The van der Waals surface area contributed by atoms with E-state index in [0.717, 1.165) is 37.8 Å². The van der Waals surface area contributed by atoms with Gasteiger partial charge in [-0.1, -0.05) is 48.4 Å². The SMILES string of the molecule is Cc1ccc(OC(=O)N(C)C2CCC(c3ccc(CN4CCCCC4)cc3)CC2)cc1. The van der Waals surface area contributed by atoms with E-state index in [0.29, 0.717) is 11.7 Å². The first-order valence-corrected chi connectivity index (χ1v) is 11.9. The lowest BCUT2D eigenvalue weighted by Crippen LogP contribution is -2.40. The molecule has 0 atom stereocenters. The highest BCUT2D eigenvalue weighted by Crippen LogP contribution is 2.35. The summed E-state index contributed by atoms with van der Waals surface area (Å²) in [7, 11) is 1.87. The molecule has 2 aromatic rings. The Morgan fingerprint density at radius 3 is 2.23 bits per heavy atom. The maximum atomic E-state index is 12.5. The van der Waals surface area contributed by atoms with Crippen LogP contribution in [0.3, 0.4) is 0 Å². The molecule has 4 nitrogen and oxygen atoms in total. The number of carbonyl (C=O) groups excluding carboxylic acids is 1. The molecule has 4 heteroatoms.